The standard InChI is InChI=1S/C24H27F3N2O4Si/c1-22(2,3)34(4,5)32-11-10-23-9-8-17(33-23)18-19(23)21(31)29(20(18)30)15-7-6-14(13-28)16(12-15)24(25,26)27/h6-9,12,17-19H,10-11H2,1-5H3/t17-,18-,19+,23-/m1/s1. The molecule has 3 heterocycles. The SMILES string of the molecule is CC(C)(C)[Si](C)(C)OCC[C@@]12C=C[C@@H](O1)[C@H]1C(=O)N(c3ccc(C#N)c(C(F)(F)F)c3)C(=O)[C@H]12. The molecule has 0 saturated carbocycles. The predicted octanol–water partition coefficient (Wildman–Crippen LogP) is 4.80. The zero-order chi connectivity index (χ0) is 25.3. The third-order valence-electron chi connectivity index (χ3n) is 7.60. The van der Waals surface area contributed by atoms with Crippen molar-refractivity contribution in [3.63, 3.8) is 0 Å². The summed E-state index contributed by atoms with van der Waals surface area (Å²) in [5, 5.41) is 9.04. The van der Waals surface area contributed by atoms with Crippen molar-refractivity contribution in [1.29, 1.82) is 5.26 Å². The van der Waals surface area contributed by atoms with E-state index in [1.54, 1.807) is 12.2 Å². The normalized spacial score (nSPS) is 28.6. The number of anilines is 1. The maximum Gasteiger partial charge on any atom is 0.417 e. The van der Waals surface area contributed by atoms with Crippen LogP contribution in [-0.4, -0.2) is 38.4 Å². The Bertz CT molecular complexity index is 1120. The largest absolute Gasteiger partial charge is 0.417 e. The van der Waals surface area contributed by atoms with Gasteiger partial charge in [-0.3, -0.25) is 9.59 Å². The first-order valence-corrected chi connectivity index (χ1v) is 14.0. The number of carbonyl (C=O) groups is 2. The number of benzene rings is 1. The molecule has 0 aliphatic carbocycles. The molecule has 2 fully saturated rings. The number of halogens is 3. The lowest BCUT2D eigenvalue weighted by Crippen LogP contribution is -2.44. The van der Waals surface area contributed by atoms with Gasteiger partial charge >= 0.3 is 6.18 Å². The van der Waals surface area contributed by atoms with Gasteiger partial charge in [0, 0.05) is 13.0 Å². The Morgan fingerprint density at radius 3 is 2.47 bits per heavy atom. The zero-order valence-electron chi connectivity index (χ0n) is 19.7. The predicted molar refractivity (Wildman–Crippen MR) is 120 cm³/mol. The highest BCUT2D eigenvalue weighted by molar-refractivity contribution is 6.74. The van der Waals surface area contributed by atoms with Crippen molar-refractivity contribution in [3.8, 4) is 6.07 Å². The molecule has 0 N–H and O–H groups in total. The summed E-state index contributed by atoms with van der Waals surface area (Å²) < 4.78 is 52.7. The number of imide groups is 1. The minimum atomic E-state index is -4.80. The van der Waals surface area contributed by atoms with Gasteiger partial charge in [-0.1, -0.05) is 32.9 Å². The van der Waals surface area contributed by atoms with E-state index < -0.39 is 61.0 Å². The van der Waals surface area contributed by atoms with E-state index in [4.69, 9.17) is 14.4 Å². The summed E-state index contributed by atoms with van der Waals surface area (Å²) >= 11 is 0. The van der Waals surface area contributed by atoms with Crippen LogP contribution in [0.1, 0.15) is 38.3 Å². The van der Waals surface area contributed by atoms with Crippen LogP contribution >= 0.6 is 0 Å². The van der Waals surface area contributed by atoms with Crippen LogP contribution in [0.5, 0.6) is 0 Å². The maximum atomic E-state index is 13.5. The topological polar surface area (TPSA) is 79.6 Å². The van der Waals surface area contributed by atoms with Crippen molar-refractivity contribution >= 4 is 25.8 Å². The number of hydrogen-bond acceptors (Lipinski definition) is 5. The lowest BCUT2D eigenvalue weighted by atomic mass is 9.75. The van der Waals surface area contributed by atoms with Gasteiger partial charge in [-0.25, -0.2) is 4.90 Å². The fourth-order valence-corrected chi connectivity index (χ4v) is 5.78. The van der Waals surface area contributed by atoms with Gasteiger partial charge in [0.1, 0.15) is 5.60 Å². The number of ether oxygens (including phenoxy) is 1. The second-order valence-corrected chi connectivity index (χ2v) is 15.4. The third kappa shape index (κ3) is 3.70. The van der Waals surface area contributed by atoms with E-state index in [1.165, 1.54) is 12.1 Å². The number of fused-ring (bicyclic) bond motifs is 5. The van der Waals surface area contributed by atoms with Crippen LogP contribution < -0.4 is 4.90 Å². The summed E-state index contributed by atoms with van der Waals surface area (Å²) in [6.07, 6.45) is -1.50. The van der Waals surface area contributed by atoms with E-state index in [-0.39, 0.29) is 10.7 Å². The van der Waals surface area contributed by atoms with Crippen LogP contribution in [0.2, 0.25) is 18.1 Å². The first kappa shape index (κ1) is 24.6. The van der Waals surface area contributed by atoms with Crippen molar-refractivity contribution in [2.45, 2.75) is 63.2 Å². The zero-order valence-corrected chi connectivity index (χ0v) is 20.7. The molecular weight excluding hydrogens is 465 g/mol. The van der Waals surface area contributed by atoms with E-state index in [0.29, 0.717) is 19.1 Å². The Labute approximate surface area is 197 Å². The molecule has 0 radical (unpaired) electrons. The first-order valence-electron chi connectivity index (χ1n) is 11.1. The molecular formula is C24H27F3N2O4Si. The molecule has 4 atom stereocenters. The van der Waals surface area contributed by atoms with Gasteiger partial charge in [0.25, 0.3) is 0 Å². The highest BCUT2D eigenvalue weighted by Crippen LogP contribution is 2.54. The fraction of sp³-hybridized carbons (Fsp3) is 0.542. The lowest BCUT2D eigenvalue weighted by molar-refractivity contribution is -0.138. The van der Waals surface area contributed by atoms with Gasteiger partial charge in [0.05, 0.1) is 40.8 Å². The van der Waals surface area contributed by atoms with E-state index in [0.717, 1.165) is 11.0 Å². The highest BCUT2D eigenvalue weighted by atomic mass is 28.4. The Morgan fingerprint density at radius 2 is 1.88 bits per heavy atom. The Kier molecular flexibility index (Phi) is 5.63. The summed E-state index contributed by atoms with van der Waals surface area (Å²) in [5.74, 6) is -2.81. The second kappa shape index (κ2) is 7.76. The number of alkyl halides is 3. The number of nitrogens with zero attached hydrogens (tertiary/aromatic N) is 2. The molecule has 2 bridgehead atoms. The van der Waals surface area contributed by atoms with Crippen LogP contribution in [0.3, 0.4) is 0 Å². The minimum Gasteiger partial charge on any atom is -0.417 e. The van der Waals surface area contributed by atoms with Crippen LogP contribution in [-0.2, 0) is 24.9 Å². The van der Waals surface area contributed by atoms with Crippen molar-refractivity contribution in [3.05, 3.63) is 41.5 Å². The Morgan fingerprint density at radius 1 is 1.21 bits per heavy atom. The average molecular weight is 493 g/mol. The highest BCUT2D eigenvalue weighted by Gasteiger charge is 2.67. The molecule has 1 aromatic rings. The summed E-state index contributed by atoms with van der Waals surface area (Å²) in [6, 6.07) is 4.39. The van der Waals surface area contributed by atoms with E-state index in [9.17, 15) is 22.8 Å². The number of carbonyl (C=O) groups excluding carboxylic acids is 2. The van der Waals surface area contributed by atoms with Crippen molar-refractivity contribution < 1.29 is 31.9 Å². The van der Waals surface area contributed by atoms with E-state index >= 15 is 0 Å². The molecule has 10 heteroatoms. The van der Waals surface area contributed by atoms with Crippen LogP contribution in [0.25, 0.3) is 0 Å². The average Bonchev–Trinajstić information content (AvgIpc) is 3.36. The minimum absolute atomic E-state index is 0.000488. The molecule has 0 aromatic heterocycles. The van der Waals surface area contributed by atoms with Crippen molar-refractivity contribution in [2.75, 3.05) is 11.5 Å². The van der Waals surface area contributed by atoms with Crippen molar-refractivity contribution in [2.24, 2.45) is 11.8 Å². The molecule has 2 saturated heterocycles. The van der Waals surface area contributed by atoms with Gasteiger partial charge in [0.15, 0.2) is 8.32 Å². The lowest BCUT2D eigenvalue weighted by Gasteiger charge is -2.37. The molecule has 34 heavy (non-hydrogen) atoms. The summed E-state index contributed by atoms with van der Waals surface area (Å²) in [5.41, 5.74) is -2.97. The van der Waals surface area contributed by atoms with E-state index in [2.05, 4.69) is 33.9 Å². The first-order chi connectivity index (χ1) is 15.6. The molecule has 4 rings (SSSR count). The van der Waals surface area contributed by atoms with Gasteiger partial charge < -0.3 is 9.16 Å². The molecule has 2 amide bonds. The van der Waals surface area contributed by atoms with Gasteiger partial charge in [-0.05, 0) is 36.3 Å². The summed E-state index contributed by atoms with van der Waals surface area (Å²) in [4.78, 5) is 27.5. The molecule has 6 nitrogen and oxygen atoms in total. The van der Waals surface area contributed by atoms with Gasteiger partial charge in [0.2, 0.25) is 11.8 Å². The molecule has 0 unspecified atom stereocenters. The molecule has 3 aliphatic heterocycles. The Balaban J connectivity index is 1.61. The van der Waals surface area contributed by atoms with Crippen molar-refractivity contribution in [1.82, 2.24) is 0 Å². The fourth-order valence-electron chi connectivity index (χ4n) is 4.73. The number of amides is 2. The maximum absolute atomic E-state index is 13.5. The summed E-state index contributed by atoms with van der Waals surface area (Å²) in [6.45, 7) is 10.9. The van der Waals surface area contributed by atoms with E-state index in [1.807, 2.05) is 0 Å². The van der Waals surface area contributed by atoms with Crippen LogP contribution in [0, 0.1) is 23.2 Å². The molecule has 0 spiro atoms. The molecule has 3 aliphatic rings. The second-order valence-electron chi connectivity index (χ2n) is 10.6. The van der Waals surface area contributed by atoms with Gasteiger partial charge in [-0.15, -0.1) is 0 Å². The molecule has 1 aromatic carbocycles. The summed E-state index contributed by atoms with van der Waals surface area (Å²) in [7, 11) is -2.05. The monoisotopic (exact) mass is 492 g/mol. The van der Waals surface area contributed by atoms with Gasteiger partial charge in [-0.2, -0.15) is 18.4 Å². The smallest absolute Gasteiger partial charge is 0.417 e. The number of nitriles is 1. The number of rotatable bonds is 5. The quantitative estimate of drug-likeness (QED) is 0.335. The van der Waals surface area contributed by atoms with Crippen LogP contribution in [0.15, 0.2) is 30.4 Å². The molecule has 182 valence electrons. The van der Waals surface area contributed by atoms with Crippen LogP contribution in [0.4, 0.5) is 18.9 Å². The number of hydrogen-bond donors (Lipinski definition) is 0. The third-order valence-corrected chi connectivity index (χ3v) is 12.1. The Hall–Kier alpha value is -2.48.